The Morgan fingerprint density at radius 2 is 1.78 bits per heavy atom. The summed E-state index contributed by atoms with van der Waals surface area (Å²) >= 11 is 0. The fourth-order valence-electron chi connectivity index (χ4n) is 0.610. The van der Waals surface area contributed by atoms with Crippen LogP contribution in [0.2, 0.25) is 0 Å². The van der Waals surface area contributed by atoms with Crippen LogP contribution in [-0.4, -0.2) is 0 Å². The molecule has 0 radical (unpaired) electrons. The minimum atomic E-state index is 0. The Hall–Kier alpha value is -0.196. The molecule has 0 spiro atoms. The molecule has 0 saturated heterocycles. The molecule has 0 N–H and O–H groups in total. The van der Waals surface area contributed by atoms with Crippen LogP contribution in [0.1, 0.15) is 11.1 Å². The van der Waals surface area contributed by atoms with Gasteiger partial charge in [0.05, 0.1) is 0 Å². The molecule has 1 aromatic carbocycles. The van der Waals surface area contributed by atoms with Gasteiger partial charge in [0.1, 0.15) is 0 Å². The van der Waals surface area contributed by atoms with Gasteiger partial charge in [-0.15, -0.1) is 12.1 Å². The number of rotatable bonds is 0. The zero-order chi connectivity index (χ0) is 5.98. The van der Waals surface area contributed by atoms with Crippen molar-refractivity contribution in [2.24, 2.45) is 0 Å². The third kappa shape index (κ3) is 2.25. The van der Waals surface area contributed by atoms with E-state index < -0.39 is 0 Å². The van der Waals surface area contributed by atoms with Crippen molar-refractivity contribution in [1.29, 1.82) is 0 Å². The minimum Gasteiger partial charge on any atom is -0.198 e. The van der Waals surface area contributed by atoms with Crippen LogP contribution in [0.3, 0.4) is 0 Å². The summed E-state index contributed by atoms with van der Waals surface area (Å²) in [6, 6.07) is 8.08. The maximum Gasteiger partial charge on any atom is 0 e. The molecule has 0 aliphatic rings. The van der Waals surface area contributed by atoms with E-state index in [0.29, 0.717) is 0 Å². The molecule has 1 rings (SSSR count). The SMILES string of the molecule is [CH2-]c1ccccc1C.[Ti]. The summed E-state index contributed by atoms with van der Waals surface area (Å²) in [5, 5.41) is 0. The van der Waals surface area contributed by atoms with E-state index in [0.717, 1.165) is 5.56 Å². The van der Waals surface area contributed by atoms with Gasteiger partial charge in [-0.3, -0.25) is 0 Å². The topological polar surface area (TPSA) is 0 Å². The summed E-state index contributed by atoms with van der Waals surface area (Å²) in [6.07, 6.45) is 0. The van der Waals surface area contributed by atoms with Crippen LogP contribution in [0.4, 0.5) is 0 Å². The van der Waals surface area contributed by atoms with Crippen LogP contribution >= 0.6 is 0 Å². The number of hydrogen-bond acceptors (Lipinski definition) is 0. The standard InChI is InChI=1S/C8H9.Ti/c1-7-5-3-4-6-8(7)2;/h3-6H,1H2,2H3;/q-1;. The molecule has 0 aromatic heterocycles. The minimum absolute atomic E-state index is 0. The predicted octanol–water partition coefficient (Wildman–Crippen LogP) is 2.17. The number of aryl methyl sites for hydroxylation is 1. The Morgan fingerprint density at radius 3 is 2.11 bits per heavy atom. The molecule has 0 aliphatic carbocycles. The molecule has 0 amide bonds. The van der Waals surface area contributed by atoms with Gasteiger partial charge in [0.2, 0.25) is 0 Å². The first-order valence-corrected chi connectivity index (χ1v) is 2.68. The Kier molecular flexibility index (Phi) is 3.68. The van der Waals surface area contributed by atoms with E-state index in [2.05, 4.69) is 19.9 Å². The summed E-state index contributed by atoms with van der Waals surface area (Å²) in [5.74, 6) is 0. The van der Waals surface area contributed by atoms with Gasteiger partial charge >= 0.3 is 0 Å². The van der Waals surface area contributed by atoms with Crippen molar-refractivity contribution < 1.29 is 21.7 Å². The van der Waals surface area contributed by atoms with Crippen molar-refractivity contribution in [1.82, 2.24) is 0 Å². The van der Waals surface area contributed by atoms with E-state index in [-0.39, 0.29) is 21.7 Å². The monoisotopic (exact) mass is 153 g/mol. The van der Waals surface area contributed by atoms with Crippen LogP contribution in [-0.2, 0) is 21.7 Å². The first-order chi connectivity index (χ1) is 3.80. The van der Waals surface area contributed by atoms with Crippen LogP contribution < -0.4 is 0 Å². The Labute approximate surface area is 71.2 Å². The molecule has 1 heteroatoms. The number of hydrogen-bond donors (Lipinski definition) is 0. The van der Waals surface area contributed by atoms with E-state index in [1.54, 1.807) is 0 Å². The smallest absolute Gasteiger partial charge is 0 e. The fraction of sp³-hybridized carbons (Fsp3) is 0.125. The zero-order valence-electron chi connectivity index (χ0n) is 5.52. The summed E-state index contributed by atoms with van der Waals surface area (Å²) in [6.45, 7) is 5.88. The van der Waals surface area contributed by atoms with Crippen molar-refractivity contribution in [3.05, 3.63) is 42.3 Å². The molecule has 0 unspecified atom stereocenters. The van der Waals surface area contributed by atoms with Gasteiger partial charge in [-0.05, 0) is 0 Å². The molecule has 46 valence electrons. The van der Waals surface area contributed by atoms with Crippen molar-refractivity contribution >= 4 is 0 Å². The molecule has 0 atom stereocenters. The number of benzene rings is 1. The average Bonchev–Trinajstić information content (AvgIpc) is 1.77. The summed E-state index contributed by atoms with van der Waals surface area (Å²) in [5.41, 5.74) is 2.38. The molecule has 9 heavy (non-hydrogen) atoms. The van der Waals surface area contributed by atoms with E-state index in [1.165, 1.54) is 5.56 Å². The van der Waals surface area contributed by atoms with Crippen LogP contribution in [0, 0.1) is 13.8 Å². The Bertz CT molecular complexity index is 161. The zero-order valence-corrected chi connectivity index (χ0v) is 7.08. The summed E-state index contributed by atoms with van der Waals surface area (Å²) in [7, 11) is 0. The van der Waals surface area contributed by atoms with Gasteiger partial charge in [-0.1, -0.05) is 13.0 Å². The third-order valence-corrected chi connectivity index (χ3v) is 1.26. The molecular weight excluding hydrogens is 144 g/mol. The molecule has 0 aliphatic heterocycles. The second-order valence-electron chi connectivity index (χ2n) is 1.93. The molecule has 0 heterocycles. The maximum atomic E-state index is 3.82. The van der Waals surface area contributed by atoms with Gasteiger partial charge in [0, 0.05) is 21.7 Å². The molecule has 0 bridgehead atoms. The van der Waals surface area contributed by atoms with Gasteiger partial charge < -0.3 is 0 Å². The molecule has 0 fully saturated rings. The van der Waals surface area contributed by atoms with Crippen molar-refractivity contribution in [2.75, 3.05) is 0 Å². The Balaban J connectivity index is 0.000000640. The van der Waals surface area contributed by atoms with E-state index in [4.69, 9.17) is 0 Å². The van der Waals surface area contributed by atoms with Crippen LogP contribution in [0.5, 0.6) is 0 Å². The molecular formula is C8H9Ti-. The fourth-order valence-corrected chi connectivity index (χ4v) is 0.610. The van der Waals surface area contributed by atoms with Crippen LogP contribution in [0.25, 0.3) is 0 Å². The second-order valence-corrected chi connectivity index (χ2v) is 1.93. The van der Waals surface area contributed by atoms with E-state index >= 15 is 0 Å². The molecule has 1 aromatic rings. The largest absolute Gasteiger partial charge is 0.198 e. The average molecular weight is 153 g/mol. The maximum absolute atomic E-state index is 3.82. The van der Waals surface area contributed by atoms with Gasteiger partial charge in [0.25, 0.3) is 0 Å². The molecule has 0 nitrogen and oxygen atoms in total. The van der Waals surface area contributed by atoms with Gasteiger partial charge in [-0.25, -0.2) is 0 Å². The van der Waals surface area contributed by atoms with E-state index in [1.807, 2.05) is 18.2 Å². The van der Waals surface area contributed by atoms with Crippen molar-refractivity contribution in [3.63, 3.8) is 0 Å². The van der Waals surface area contributed by atoms with Gasteiger partial charge in [0.15, 0.2) is 0 Å². The quantitative estimate of drug-likeness (QED) is 0.395. The second kappa shape index (κ2) is 3.76. The molecule has 0 saturated carbocycles. The predicted molar refractivity (Wildman–Crippen MR) is 35.6 cm³/mol. The first-order valence-electron chi connectivity index (χ1n) is 2.68. The normalized spacial score (nSPS) is 8.11. The summed E-state index contributed by atoms with van der Waals surface area (Å²) in [4.78, 5) is 0. The van der Waals surface area contributed by atoms with Crippen LogP contribution in [0.15, 0.2) is 24.3 Å². The Morgan fingerprint density at radius 1 is 1.22 bits per heavy atom. The van der Waals surface area contributed by atoms with Crippen molar-refractivity contribution in [2.45, 2.75) is 6.92 Å². The van der Waals surface area contributed by atoms with E-state index in [9.17, 15) is 0 Å². The first kappa shape index (κ1) is 8.80. The van der Waals surface area contributed by atoms with Crippen molar-refractivity contribution in [3.8, 4) is 0 Å². The summed E-state index contributed by atoms with van der Waals surface area (Å²) < 4.78 is 0. The third-order valence-electron chi connectivity index (χ3n) is 1.26. The van der Waals surface area contributed by atoms with Gasteiger partial charge in [-0.2, -0.15) is 24.1 Å².